The van der Waals surface area contributed by atoms with Crippen molar-refractivity contribution in [1.82, 2.24) is 14.8 Å². The molecule has 1 heterocycles. The molecule has 1 aromatic carbocycles. The number of rotatable bonds is 9. The molecule has 21 heavy (non-hydrogen) atoms. The van der Waals surface area contributed by atoms with Crippen LogP contribution in [0.5, 0.6) is 0 Å². The van der Waals surface area contributed by atoms with Crippen LogP contribution in [0.1, 0.15) is 18.4 Å². The summed E-state index contributed by atoms with van der Waals surface area (Å²) in [6.45, 7) is 1.29. The highest BCUT2D eigenvalue weighted by Crippen LogP contribution is 2.16. The number of thioether (sulfide) groups is 1. The Bertz CT molecular complexity index is 580. The molecular formula is C15H21N3O2S. The van der Waals surface area contributed by atoms with Crippen LogP contribution in [0.4, 0.5) is 0 Å². The highest BCUT2D eigenvalue weighted by molar-refractivity contribution is 7.99. The first-order chi connectivity index (χ1) is 10.3. The van der Waals surface area contributed by atoms with Crippen molar-refractivity contribution < 1.29 is 4.74 Å². The number of aryl methyl sites for hydroxylation is 1. The van der Waals surface area contributed by atoms with Gasteiger partial charge in [0.2, 0.25) is 0 Å². The van der Waals surface area contributed by atoms with E-state index in [0.717, 1.165) is 30.2 Å². The van der Waals surface area contributed by atoms with Crippen LogP contribution in [-0.4, -0.2) is 34.2 Å². The number of H-pyrrole nitrogens is 1. The fraction of sp³-hybridized carbons (Fsp3) is 0.467. The number of nitrogens with zero attached hydrogens (tertiary/aromatic N) is 2. The Labute approximate surface area is 128 Å². The molecule has 0 saturated heterocycles. The first-order valence-electron chi connectivity index (χ1n) is 7.12. The molecule has 6 heteroatoms. The zero-order valence-electron chi connectivity index (χ0n) is 12.2. The van der Waals surface area contributed by atoms with Crippen LogP contribution in [0, 0.1) is 0 Å². The van der Waals surface area contributed by atoms with E-state index in [-0.39, 0.29) is 5.69 Å². The average Bonchev–Trinajstić information content (AvgIpc) is 2.86. The minimum Gasteiger partial charge on any atom is -0.385 e. The number of hydrogen-bond acceptors (Lipinski definition) is 4. The van der Waals surface area contributed by atoms with Crippen LogP contribution in [0.2, 0.25) is 0 Å². The van der Waals surface area contributed by atoms with Crippen molar-refractivity contribution in [2.45, 2.75) is 31.0 Å². The van der Waals surface area contributed by atoms with E-state index in [2.05, 4.69) is 34.5 Å². The summed E-state index contributed by atoms with van der Waals surface area (Å²) in [5.41, 5.74) is 1.20. The SMILES string of the molecule is COCCCn1c(SCCCc2ccccc2)n[nH]c1=O. The molecule has 2 aromatic rings. The first kappa shape index (κ1) is 15.9. The monoisotopic (exact) mass is 307 g/mol. The summed E-state index contributed by atoms with van der Waals surface area (Å²) >= 11 is 1.62. The Morgan fingerprint density at radius 2 is 2.10 bits per heavy atom. The van der Waals surface area contributed by atoms with E-state index < -0.39 is 0 Å². The molecule has 1 N–H and O–H groups in total. The molecule has 0 radical (unpaired) electrons. The molecule has 0 saturated carbocycles. The maximum atomic E-state index is 11.7. The normalized spacial score (nSPS) is 10.9. The van der Waals surface area contributed by atoms with Gasteiger partial charge < -0.3 is 4.74 Å². The Morgan fingerprint density at radius 3 is 2.86 bits per heavy atom. The molecule has 0 bridgehead atoms. The van der Waals surface area contributed by atoms with Crippen LogP contribution in [0.3, 0.4) is 0 Å². The number of ether oxygens (including phenoxy) is 1. The summed E-state index contributed by atoms with van der Waals surface area (Å²) in [6.07, 6.45) is 2.92. The number of methoxy groups -OCH3 is 1. The average molecular weight is 307 g/mol. The van der Waals surface area contributed by atoms with Crippen molar-refractivity contribution in [2.75, 3.05) is 19.5 Å². The lowest BCUT2D eigenvalue weighted by molar-refractivity contribution is 0.189. The fourth-order valence-electron chi connectivity index (χ4n) is 2.06. The number of aromatic amines is 1. The Balaban J connectivity index is 1.79. The van der Waals surface area contributed by atoms with E-state index in [9.17, 15) is 4.79 Å². The second-order valence-electron chi connectivity index (χ2n) is 4.75. The summed E-state index contributed by atoms with van der Waals surface area (Å²) in [5, 5.41) is 7.37. The van der Waals surface area contributed by atoms with E-state index in [1.54, 1.807) is 23.4 Å². The molecule has 2 rings (SSSR count). The van der Waals surface area contributed by atoms with E-state index in [4.69, 9.17) is 4.74 Å². The van der Waals surface area contributed by atoms with Crippen molar-refractivity contribution in [1.29, 1.82) is 0 Å². The maximum absolute atomic E-state index is 11.7. The van der Waals surface area contributed by atoms with E-state index >= 15 is 0 Å². The predicted octanol–water partition coefficient (Wildman–Crippen LogP) is 2.33. The van der Waals surface area contributed by atoms with Crippen LogP contribution in [0.15, 0.2) is 40.3 Å². The molecule has 0 unspecified atom stereocenters. The Morgan fingerprint density at radius 1 is 1.29 bits per heavy atom. The summed E-state index contributed by atoms with van der Waals surface area (Å²) in [5.74, 6) is 0.948. The maximum Gasteiger partial charge on any atom is 0.343 e. The summed E-state index contributed by atoms with van der Waals surface area (Å²) in [4.78, 5) is 11.7. The third-order valence-electron chi connectivity index (χ3n) is 3.14. The Kier molecular flexibility index (Phi) is 6.56. The number of hydrogen-bond donors (Lipinski definition) is 1. The molecule has 0 aliphatic heterocycles. The third-order valence-corrected chi connectivity index (χ3v) is 4.20. The molecular weight excluding hydrogens is 286 g/mol. The van der Waals surface area contributed by atoms with Gasteiger partial charge in [-0.3, -0.25) is 4.57 Å². The third kappa shape index (κ3) is 5.06. The van der Waals surface area contributed by atoms with Gasteiger partial charge in [-0.15, -0.1) is 5.10 Å². The second kappa shape index (κ2) is 8.69. The summed E-state index contributed by atoms with van der Waals surface area (Å²) in [7, 11) is 1.66. The van der Waals surface area contributed by atoms with Crippen molar-refractivity contribution in [3.63, 3.8) is 0 Å². The zero-order chi connectivity index (χ0) is 14.9. The number of nitrogens with one attached hydrogen (secondary N) is 1. The minimum atomic E-state index is -0.142. The lowest BCUT2D eigenvalue weighted by atomic mass is 10.1. The predicted molar refractivity (Wildman–Crippen MR) is 84.8 cm³/mol. The van der Waals surface area contributed by atoms with Crippen molar-refractivity contribution in [3.05, 3.63) is 46.4 Å². The van der Waals surface area contributed by atoms with Crippen LogP contribution in [-0.2, 0) is 17.7 Å². The number of benzene rings is 1. The van der Waals surface area contributed by atoms with Gasteiger partial charge in [-0.25, -0.2) is 9.89 Å². The van der Waals surface area contributed by atoms with Crippen LogP contribution in [0.25, 0.3) is 0 Å². The van der Waals surface area contributed by atoms with E-state index in [1.807, 2.05) is 6.07 Å². The van der Waals surface area contributed by atoms with E-state index in [0.29, 0.717) is 13.2 Å². The Hall–Kier alpha value is -1.53. The van der Waals surface area contributed by atoms with Crippen molar-refractivity contribution >= 4 is 11.8 Å². The highest BCUT2D eigenvalue weighted by atomic mass is 32.2. The van der Waals surface area contributed by atoms with Crippen LogP contribution >= 0.6 is 11.8 Å². The molecule has 0 aliphatic carbocycles. The molecule has 114 valence electrons. The molecule has 0 atom stereocenters. The highest BCUT2D eigenvalue weighted by Gasteiger charge is 2.08. The largest absolute Gasteiger partial charge is 0.385 e. The quantitative estimate of drug-likeness (QED) is 0.570. The minimum absolute atomic E-state index is 0.142. The molecule has 0 fully saturated rings. The van der Waals surface area contributed by atoms with Gasteiger partial charge in [0.25, 0.3) is 0 Å². The molecule has 5 nitrogen and oxygen atoms in total. The fourth-order valence-corrected chi connectivity index (χ4v) is 2.97. The van der Waals surface area contributed by atoms with E-state index in [1.165, 1.54) is 5.56 Å². The standard InChI is InChI=1S/C15H21N3O2S/c1-20-11-6-10-18-14(19)16-17-15(18)21-12-5-9-13-7-3-2-4-8-13/h2-4,7-8H,5-6,9-12H2,1H3,(H,16,19). The second-order valence-corrected chi connectivity index (χ2v) is 5.81. The molecule has 0 amide bonds. The summed E-state index contributed by atoms with van der Waals surface area (Å²) in [6, 6.07) is 10.4. The number of aromatic nitrogens is 3. The van der Waals surface area contributed by atoms with Gasteiger partial charge >= 0.3 is 5.69 Å². The van der Waals surface area contributed by atoms with Gasteiger partial charge in [-0.2, -0.15) is 0 Å². The van der Waals surface area contributed by atoms with Gasteiger partial charge in [0, 0.05) is 26.0 Å². The molecule has 0 spiro atoms. The lowest BCUT2D eigenvalue weighted by Gasteiger charge is -2.05. The van der Waals surface area contributed by atoms with Gasteiger partial charge in [0.05, 0.1) is 0 Å². The van der Waals surface area contributed by atoms with Crippen molar-refractivity contribution in [2.24, 2.45) is 0 Å². The van der Waals surface area contributed by atoms with Gasteiger partial charge in [-0.1, -0.05) is 42.1 Å². The van der Waals surface area contributed by atoms with Crippen LogP contribution < -0.4 is 5.69 Å². The lowest BCUT2D eigenvalue weighted by Crippen LogP contribution is -2.18. The zero-order valence-corrected chi connectivity index (χ0v) is 13.1. The molecule has 0 aliphatic rings. The van der Waals surface area contributed by atoms with Gasteiger partial charge in [0.1, 0.15) is 0 Å². The van der Waals surface area contributed by atoms with Gasteiger partial charge in [0.15, 0.2) is 5.16 Å². The van der Waals surface area contributed by atoms with Crippen molar-refractivity contribution in [3.8, 4) is 0 Å². The smallest absolute Gasteiger partial charge is 0.343 e. The summed E-state index contributed by atoms with van der Waals surface area (Å²) < 4.78 is 6.70. The first-order valence-corrected chi connectivity index (χ1v) is 8.10. The molecule has 1 aromatic heterocycles. The van der Waals surface area contributed by atoms with Gasteiger partial charge in [-0.05, 0) is 24.8 Å². The topological polar surface area (TPSA) is 59.9 Å².